The molecule has 7 nitrogen and oxygen atoms in total. The van der Waals surface area contributed by atoms with Crippen molar-refractivity contribution in [3.05, 3.63) is 65.5 Å². The number of methoxy groups -OCH3 is 1. The molecule has 0 spiro atoms. The van der Waals surface area contributed by atoms with Gasteiger partial charge >= 0.3 is 0 Å². The SMILES string of the molecule is CCONC(=O)c1ccc(Oc2nc(Cc3ccccc3)ns2)c(OC)c1. The van der Waals surface area contributed by atoms with E-state index < -0.39 is 0 Å². The van der Waals surface area contributed by atoms with Crippen LogP contribution in [0, 0.1) is 0 Å². The number of hydrogen-bond donors (Lipinski definition) is 1. The van der Waals surface area contributed by atoms with Gasteiger partial charge in [0, 0.05) is 23.5 Å². The quantitative estimate of drug-likeness (QED) is 0.597. The number of benzene rings is 2. The van der Waals surface area contributed by atoms with Gasteiger partial charge in [-0.05, 0) is 30.7 Å². The summed E-state index contributed by atoms with van der Waals surface area (Å²) in [5.41, 5.74) is 3.87. The number of carbonyl (C=O) groups is 1. The van der Waals surface area contributed by atoms with Crippen LogP contribution in [0.1, 0.15) is 28.7 Å². The molecule has 0 saturated carbocycles. The summed E-state index contributed by atoms with van der Waals surface area (Å²) in [6.45, 7) is 2.17. The second-order valence-corrected chi connectivity index (χ2v) is 6.19. The van der Waals surface area contributed by atoms with Crippen molar-refractivity contribution < 1.29 is 19.1 Å². The van der Waals surface area contributed by atoms with Crippen LogP contribution in [0.2, 0.25) is 0 Å². The molecule has 8 heteroatoms. The number of aromatic nitrogens is 2. The van der Waals surface area contributed by atoms with Crippen molar-refractivity contribution in [2.75, 3.05) is 13.7 Å². The summed E-state index contributed by atoms with van der Waals surface area (Å²) < 4.78 is 15.4. The number of hydroxylamine groups is 1. The van der Waals surface area contributed by atoms with Gasteiger partial charge in [-0.3, -0.25) is 9.63 Å². The van der Waals surface area contributed by atoms with Gasteiger partial charge in [0.25, 0.3) is 11.1 Å². The van der Waals surface area contributed by atoms with Crippen LogP contribution in [-0.2, 0) is 11.3 Å². The molecule has 0 saturated heterocycles. The summed E-state index contributed by atoms with van der Waals surface area (Å²) in [5.74, 6) is 1.20. The topological polar surface area (TPSA) is 82.6 Å². The molecule has 1 amide bonds. The molecule has 27 heavy (non-hydrogen) atoms. The van der Waals surface area contributed by atoms with Crippen molar-refractivity contribution in [2.45, 2.75) is 13.3 Å². The minimum Gasteiger partial charge on any atom is -0.493 e. The second-order valence-electron chi connectivity index (χ2n) is 5.47. The van der Waals surface area contributed by atoms with Gasteiger partial charge in [0.1, 0.15) is 0 Å². The van der Waals surface area contributed by atoms with Crippen molar-refractivity contribution in [3.8, 4) is 16.7 Å². The number of hydrogen-bond acceptors (Lipinski definition) is 7. The zero-order chi connectivity index (χ0) is 19.1. The average molecular weight is 385 g/mol. The molecule has 3 rings (SSSR count). The lowest BCUT2D eigenvalue weighted by Crippen LogP contribution is -2.23. The molecule has 0 bridgehead atoms. The molecule has 0 fully saturated rings. The van der Waals surface area contributed by atoms with Crippen LogP contribution in [0.15, 0.2) is 48.5 Å². The summed E-state index contributed by atoms with van der Waals surface area (Å²) >= 11 is 1.17. The Morgan fingerprint density at radius 3 is 2.70 bits per heavy atom. The van der Waals surface area contributed by atoms with Gasteiger partial charge < -0.3 is 9.47 Å². The summed E-state index contributed by atoms with van der Waals surface area (Å²) in [4.78, 5) is 21.3. The van der Waals surface area contributed by atoms with Gasteiger partial charge in [0.15, 0.2) is 17.3 Å². The van der Waals surface area contributed by atoms with E-state index in [1.54, 1.807) is 25.1 Å². The van der Waals surface area contributed by atoms with E-state index in [4.69, 9.17) is 14.3 Å². The van der Waals surface area contributed by atoms with Gasteiger partial charge in [-0.1, -0.05) is 30.3 Å². The molecule has 0 radical (unpaired) electrons. The molecule has 1 heterocycles. The first kappa shape index (κ1) is 18.8. The number of rotatable bonds is 8. The molecule has 0 aliphatic rings. The molecule has 0 aliphatic heterocycles. The predicted molar refractivity (Wildman–Crippen MR) is 101 cm³/mol. The average Bonchev–Trinajstić information content (AvgIpc) is 3.14. The van der Waals surface area contributed by atoms with Crippen LogP contribution < -0.4 is 15.0 Å². The summed E-state index contributed by atoms with van der Waals surface area (Å²) in [6, 6.07) is 14.8. The lowest BCUT2D eigenvalue weighted by molar-refractivity contribution is 0.0364. The fourth-order valence-corrected chi connectivity index (χ4v) is 2.88. The Morgan fingerprint density at radius 2 is 1.96 bits per heavy atom. The number of nitrogens with zero attached hydrogens (tertiary/aromatic N) is 2. The van der Waals surface area contributed by atoms with Gasteiger partial charge in [-0.15, -0.1) is 0 Å². The Bertz CT molecular complexity index is 899. The van der Waals surface area contributed by atoms with Crippen molar-refractivity contribution in [2.24, 2.45) is 0 Å². The first-order valence-electron chi connectivity index (χ1n) is 8.34. The lowest BCUT2D eigenvalue weighted by Gasteiger charge is -2.10. The zero-order valence-electron chi connectivity index (χ0n) is 15.0. The smallest absolute Gasteiger partial charge is 0.298 e. The Balaban J connectivity index is 1.71. The molecule has 1 N–H and O–H groups in total. The van der Waals surface area contributed by atoms with Crippen LogP contribution in [0.25, 0.3) is 0 Å². The fourth-order valence-electron chi connectivity index (χ4n) is 2.31. The van der Waals surface area contributed by atoms with Crippen molar-refractivity contribution in [1.82, 2.24) is 14.8 Å². The highest BCUT2D eigenvalue weighted by Gasteiger charge is 2.14. The molecule has 0 atom stereocenters. The van der Waals surface area contributed by atoms with E-state index in [0.29, 0.717) is 41.1 Å². The first-order chi connectivity index (χ1) is 13.2. The third kappa shape index (κ3) is 5.02. The standard InChI is InChI=1S/C19H19N3O4S/c1-3-25-21-18(23)14-9-10-15(16(12-14)24-2)26-19-20-17(22-27-19)11-13-7-5-4-6-8-13/h4-10,12H,3,11H2,1-2H3,(H,21,23). The Morgan fingerprint density at radius 1 is 1.15 bits per heavy atom. The van der Waals surface area contributed by atoms with Gasteiger partial charge in [0.2, 0.25) is 0 Å². The van der Waals surface area contributed by atoms with Crippen LogP contribution in [0.4, 0.5) is 0 Å². The lowest BCUT2D eigenvalue weighted by atomic mass is 10.1. The highest BCUT2D eigenvalue weighted by atomic mass is 32.1. The Kier molecular flexibility index (Phi) is 6.35. The Labute approximate surface area is 161 Å². The summed E-state index contributed by atoms with van der Waals surface area (Å²) in [7, 11) is 1.51. The molecule has 140 valence electrons. The highest BCUT2D eigenvalue weighted by molar-refractivity contribution is 7.07. The molecule has 3 aromatic rings. The minimum atomic E-state index is -0.359. The summed E-state index contributed by atoms with van der Waals surface area (Å²) in [6.07, 6.45) is 0.633. The van der Waals surface area contributed by atoms with Gasteiger partial charge in [0.05, 0.1) is 13.7 Å². The second kappa shape index (κ2) is 9.11. The van der Waals surface area contributed by atoms with Crippen LogP contribution in [0.5, 0.6) is 16.7 Å². The van der Waals surface area contributed by atoms with E-state index in [2.05, 4.69) is 14.8 Å². The zero-order valence-corrected chi connectivity index (χ0v) is 15.8. The van der Waals surface area contributed by atoms with E-state index in [1.807, 2.05) is 30.3 Å². The van der Waals surface area contributed by atoms with E-state index in [1.165, 1.54) is 18.6 Å². The van der Waals surface area contributed by atoms with E-state index in [9.17, 15) is 4.79 Å². The van der Waals surface area contributed by atoms with Gasteiger partial charge in [-0.2, -0.15) is 9.36 Å². The van der Waals surface area contributed by atoms with E-state index in [0.717, 1.165) is 5.56 Å². The van der Waals surface area contributed by atoms with Crippen LogP contribution in [-0.4, -0.2) is 29.0 Å². The number of ether oxygens (including phenoxy) is 2. The third-order valence-corrected chi connectivity index (χ3v) is 4.22. The highest BCUT2D eigenvalue weighted by Crippen LogP contribution is 2.33. The maximum absolute atomic E-state index is 12.0. The number of nitrogens with one attached hydrogen (secondary N) is 1. The van der Waals surface area contributed by atoms with E-state index >= 15 is 0 Å². The molecular formula is C19H19N3O4S. The van der Waals surface area contributed by atoms with Crippen molar-refractivity contribution in [1.29, 1.82) is 0 Å². The van der Waals surface area contributed by atoms with Crippen molar-refractivity contribution >= 4 is 17.4 Å². The number of carbonyl (C=O) groups excluding carboxylic acids is 1. The molecular weight excluding hydrogens is 366 g/mol. The third-order valence-electron chi connectivity index (χ3n) is 3.59. The van der Waals surface area contributed by atoms with Crippen LogP contribution >= 0.6 is 11.5 Å². The Hall–Kier alpha value is -2.97. The maximum atomic E-state index is 12.0. The largest absolute Gasteiger partial charge is 0.493 e. The fraction of sp³-hybridized carbons (Fsp3) is 0.211. The summed E-state index contributed by atoms with van der Waals surface area (Å²) in [5, 5.41) is 0.408. The molecule has 0 unspecified atom stereocenters. The molecule has 0 aliphatic carbocycles. The number of amides is 1. The first-order valence-corrected chi connectivity index (χ1v) is 9.11. The van der Waals surface area contributed by atoms with Crippen LogP contribution in [0.3, 0.4) is 0 Å². The maximum Gasteiger partial charge on any atom is 0.298 e. The molecule has 2 aromatic carbocycles. The predicted octanol–water partition coefficient (Wildman–Crippen LogP) is 3.61. The molecule has 1 aromatic heterocycles. The normalized spacial score (nSPS) is 10.4. The van der Waals surface area contributed by atoms with E-state index in [-0.39, 0.29) is 5.91 Å². The van der Waals surface area contributed by atoms with Crippen molar-refractivity contribution in [3.63, 3.8) is 0 Å². The van der Waals surface area contributed by atoms with Gasteiger partial charge in [-0.25, -0.2) is 5.48 Å². The monoisotopic (exact) mass is 385 g/mol. The minimum absolute atomic E-state index is 0.359.